The van der Waals surface area contributed by atoms with Gasteiger partial charge in [0.25, 0.3) is 5.91 Å². The Bertz CT molecular complexity index is 1350. The number of nitrogens with one attached hydrogen (secondary N) is 2. The van der Waals surface area contributed by atoms with E-state index in [1.54, 1.807) is 30.2 Å². The Morgan fingerprint density at radius 3 is 2.91 bits per heavy atom. The second-order valence-electron chi connectivity index (χ2n) is 8.03. The first kappa shape index (κ1) is 23.1. The van der Waals surface area contributed by atoms with E-state index in [1.165, 1.54) is 25.0 Å². The molecule has 1 saturated carbocycles. The van der Waals surface area contributed by atoms with E-state index in [2.05, 4.69) is 20.1 Å². The number of amides is 1. The van der Waals surface area contributed by atoms with E-state index < -0.39 is 15.9 Å². The zero-order valence-corrected chi connectivity index (χ0v) is 19.9. The van der Waals surface area contributed by atoms with Gasteiger partial charge in [0.1, 0.15) is 11.5 Å². The van der Waals surface area contributed by atoms with Gasteiger partial charge in [0.05, 0.1) is 16.5 Å². The van der Waals surface area contributed by atoms with Crippen molar-refractivity contribution in [3.8, 4) is 5.82 Å². The smallest absolute Gasteiger partial charge is 0.257 e. The van der Waals surface area contributed by atoms with Crippen LogP contribution in [0.25, 0.3) is 22.9 Å². The monoisotopic (exact) mass is 488 g/mol. The van der Waals surface area contributed by atoms with Crippen LogP contribution in [0.1, 0.15) is 24.1 Å². The zero-order valence-electron chi connectivity index (χ0n) is 18.3. The van der Waals surface area contributed by atoms with Gasteiger partial charge in [0.2, 0.25) is 10.0 Å². The molecule has 1 amide bonds. The van der Waals surface area contributed by atoms with Crippen LogP contribution in [-0.2, 0) is 21.9 Å². The number of sulfonamides is 1. The zero-order chi connectivity index (χ0) is 23.6. The summed E-state index contributed by atoms with van der Waals surface area (Å²) in [5.41, 5.74) is 2.04. The number of halogens is 1. The lowest BCUT2D eigenvalue weighted by atomic mass is 10.2. The molecular formula is C22H25ClN6O3S. The number of rotatable bonds is 9. The predicted molar refractivity (Wildman–Crippen MR) is 128 cm³/mol. The molecule has 1 fully saturated rings. The summed E-state index contributed by atoms with van der Waals surface area (Å²) in [4.78, 5) is 16.7. The number of carbonyl (C=O) groups is 1. The maximum Gasteiger partial charge on any atom is 0.257 e. The van der Waals surface area contributed by atoms with Crippen molar-refractivity contribution in [3.05, 3.63) is 59.2 Å². The van der Waals surface area contributed by atoms with Gasteiger partial charge in [-0.3, -0.25) is 14.0 Å². The number of fused-ring (bicyclic) bond motifs is 1. The van der Waals surface area contributed by atoms with Crippen LogP contribution in [0.4, 0.5) is 0 Å². The second kappa shape index (κ2) is 9.40. The summed E-state index contributed by atoms with van der Waals surface area (Å²) in [5.74, 6) is 0.361. The molecule has 33 heavy (non-hydrogen) atoms. The molecule has 0 unspecified atom stereocenters. The minimum atomic E-state index is -3.79. The van der Waals surface area contributed by atoms with E-state index in [0.717, 1.165) is 11.9 Å². The van der Waals surface area contributed by atoms with E-state index in [0.29, 0.717) is 33.7 Å². The summed E-state index contributed by atoms with van der Waals surface area (Å²) in [6, 6.07) is 3.70. The van der Waals surface area contributed by atoms with Crippen molar-refractivity contribution < 1.29 is 13.2 Å². The van der Waals surface area contributed by atoms with Crippen LogP contribution in [0.2, 0.25) is 5.02 Å². The maximum absolute atomic E-state index is 12.3. The molecule has 11 heteroatoms. The fourth-order valence-corrected chi connectivity index (χ4v) is 4.49. The summed E-state index contributed by atoms with van der Waals surface area (Å²) in [6.45, 7) is 2.66. The third-order valence-corrected chi connectivity index (χ3v) is 6.62. The molecule has 0 aliphatic heterocycles. The van der Waals surface area contributed by atoms with Gasteiger partial charge in [0.15, 0.2) is 0 Å². The summed E-state index contributed by atoms with van der Waals surface area (Å²) >= 11 is 6.04. The molecule has 0 saturated heterocycles. The minimum Gasteiger partial charge on any atom is -0.391 e. The van der Waals surface area contributed by atoms with Gasteiger partial charge >= 0.3 is 0 Å². The molecule has 1 aliphatic carbocycles. The van der Waals surface area contributed by atoms with E-state index >= 15 is 0 Å². The first-order valence-corrected chi connectivity index (χ1v) is 12.5. The molecule has 4 rings (SSSR count). The molecule has 1 aliphatic rings. The van der Waals surface area contributed by atoms with Crippen LogP contribution in [0, 0.1) is 12.8 Å². The van der Waals surface area contributed by atoms with Crippen molar-refractivity contribution in [1.82, 2.24) is 29.4 Å². The highest BCUT2D eigenvalue weighted by Gasteiger charge is 2.20. The Balaban J connectivity index is 1.48. The van der Waals surface area contributed by atoms with E-state index in [1.807, 2.05) is 29.8 Å². The average molecular weight is 489 g/mol. The highest BCUT2D eigenvalue weighted by Crippen LogP contribution is 2.27. The lowest BCUT2D eigenvalue weighted by Gasteiger charge is -2.07. The summed E-state index contributed by atoms with van der Waals surface area (Å²) in [7, 11) is -2.00. The van der Waals surface area contributed by atoms with Gasteiger partial charge < -0.3 is 5.32 Å². The van der Waals surface area contributed by atoms with Gasteiger partial charge in [-0.05, 0) is 50.1 Å². The van der Waals surface area contributed by atoms with Crippen molar-refractivity contribution in [2.45, 2.75) is 19.8 Å². The molecule has 2 N–H and O–H groups in total. The Morgan fingerprint density at radius 1 is 1.36 bits per heavy atom. The third kappa shape index (κ3) is 5.63. The molecule has 174 valence electrons. The van der Waals surface area contributed by atoms with Crippen LogP contribution in [0.3, 0.4) is 0 Å². The summed E-state index contributed by atoms with van der Waals surface area (Å²) in [5, 5.41) is 8.91. The van der Waals surface area contributed by atoms with E-state index in [4.69, 9.17) is 11.6 Å². The first-order chi connectivity index (χ1) is 15.7. The number of carbonyl (C=O) groups excluding carboxylic acids is 1. The molecule has 0 atom stereocenters. The molecule has 3 aromatic heterocycles. The SMILES string of the molecule is Cc1nn(C)c(-n2ccc3cc(Cl)cnc32)c1C=CC(=O)NS(=O)(=O)CC=CNCC1CC1. The highest BCUT2D eigenvalue weighted by atomic mass is 35.5. The van der Waals surface area contributed by atoms with Gasteiger partial charge in [-0.1, -0.05) is 17.7 Å². The van der Waals surface area contributed by atoms with Crippen LogP contribution >= 0.6 is 11.6 Å². The Morgan fingerprint density at radius 2 is 2.15 bits per heavy atom. The number of aromatic nitrogens is 4. The quantitative estimate of drug-likeness (QED) is 0.448. The van der Waals surface area contributed by atoms with Gasteiger partial charge in [-0.25, -0.2) is 18.1 Å². The van der Waals surface area contributed by atoms with Crippen molar-refractivity contribution in [1.29, 1.82) is 0 Å². The first-order valence-electron chi connectivity index (χ1n) is 10.5. The number of aryl methyl sites for hydroxylation is 2. The largest absolute Gasteiger partial charge is 0.391 e. The lowest BCUT2D eigenvalue weighted by Crippen LogP contribution is -2.30. The van der Waals surface area contributed by atoms with E-state index in [9.17, 15) is 13.2 Å². The second-order valence-corrected chi connectivity index (χ2v) is 10.2. The Labute approximate surface area is 197 Å². The van der Waals surface area contributed by atoms with Crippen molar-refractivity contribution >= 4 is 44.6 Å². The van der Waals surface area contributed by atoms with Crippen molar-refractivity contribution in [2.24, 2.45) is 13.0 Å². The average Bonchev–Trinajstić information content (AvgIpc) is 3.41. The number of nitrogens with zero attached hydrogens (tertiary/aromatic N) is 4. The summed E-state index contributed by atoms with van der Waals surface area (Å²) < 4.78 is 29.9. The fraction of sp³-hybridized carbons (Fsp3) is 0.318. The Kier molecular flexibility index (Phi) is 6.57. The molecular weight excluding hydrogens is 464 g/mol. The van der Waals surface area contributed by atoms with Gasteiger partial charge in [0, 0.05) is 43.0 Å². The number of hydrogen-bond donors (Lipinski definition) is 2. The molecule has 0 aromatic carbocycles. The van der Waals surface area contributed by atoms with Crippen molar-refractivity contribution in [2.75, 3.05) is 12.3 Å². The highest BCUT2D eigenvalue weighted by molar-refractivity contribution is 7.90. The number of pyridine rings is 1. The standard InChI is InChI=1S/C22H25ClN6O3S/c1-15-19(6-7-20(30)27-33(31,32)11-3-9-24-13-16-4-5-16)22(28(2)26-15)29-10-8-17-12-18(23)14-25-21(17)29/h3,6-10,12,14,16,24H,4-5,11,13H2,1-2H3,(H,27,30). The predicted octanol–water partition coefficient (Wildman–Crippen LogP) is 2.69. The third-order valence-electron chi connectivity index (χ3n) is 5.27. The molecule has 3 heterocycles. The topological polar surface area (TPSA) is 111 Å². The molecule has 9 nitrogen and oxygen atoms in total. The normalized spacial score (nSPS) is 14.5. The summed E-state index contributed by atoms with van der Waals surface area (Å²) in [6.07, 6.45) is 11.7. The molecule has 3 aromatic rings. The molecule has 0 bridgehead atoms. The van der Waals surface area contributed by atoms with Crippen LogP contribution < -0.4 is 10.0 Å². The van der Waals surface area contributed by atoms with Gasteiger partial charge in [-0.15, -0.1) is 0 Å². The molecule has 0 radical (unpaired) electrons. The van der Waals surface area contributed by atoms with Crippen molar-refractivity contribution in [3.63, 3.8) is 0 Å². The van der Waals surface area contributed by atoms with Crippen LogP contribution in [-0.4, -0.2) is 46.0 Å². The maximum atomic E-state index is 12.3. The van der Waals surface area contributed by atoms with Crippen LogP contribution in [0.15, 0.2) is 42.9 Å². The minimum absolute atomic E-state index is 0.287. The van der Waals surface area contributed by atoms with Crippen LogP contribution in [0.5, 0.6) is 0 Å². The molecule has 0 spiro atoms. The van der Waals surface area contributed by atoms with Gasteiger partial charge in [-0.2, -0.15) is 5.10 Å². The Hall–Kier alpha value is -3.11. The number of hydrogen-bond acceptors (Lipinski definition) is 6. The lowest BCUT2D eigenvalue weighted by molar-refractivity contribution is -0.114. The fourth-order valence-electron chi connectivity index (χ4n) is 3.51. The van der Waals surface area contributed by atoms with E-state index in [-0.39, 0.29) is 5.75 Å².